The number of aromatic nitrogens is 2. The van der Waals surface area contributed by atoms with Gasteiger partial charge in [0.2, 0.25) is 0 Å². The molecule has 0 saturated carbocycles. The third-order valence-electron chi connectivity index (χ3n) is 6.99. The highest BCUT2D eigenvalue weighted by atomic mass is 19.3. The minimum Gasteiger partial charge on any atom is -0.335 e. The Labute approximate surface area is 219 Å². The fourth-order valence-corrected chi connectivity index (χ4v) is 5.12. The molecular weight excluding hydrogens is 518 g/mol. The lowest BCUT2D eigenvalue weighted by Gasteiger charge is -2.26. The van der Waals surface area contributed by atoms with Crippen LogP contribution in [0.3, 0.4) is 0 Å². The Balaban J connectivity index is 1.99. The van der Waals surface area contributed by atoms with Crippen molar-refractivity contribution in [3.63, 3.8) is 0 Å². The van der Waals surface area contributed by atoms with Crippen molar-refractivity contribution in [1.82, 2.24) is 9.13 Å². The van der Waals surface area contributed by atoms with Crippen molar-refractivity contribution in [1.29, 1.82) is 10.5 Å². The summed E-state index contributed by atoms with van der Waals surface area (Å²) < 4.78 is 95.5. The molecule has 4 nitrogen and oxygen atoms in total. The van der Waals surface area contributed by atoms with Gasteiger partial charge in [-0.3, -0.25) is 0 Å². The van der Waals surface area contributed by atoms with Crippen LogP contribution in [0.2, 0.25) is 0 Å². The first-order valence-electron chi connectivity index (χ1n) is 11.6. The molecule has 0 aliphatic heterocycles. The summed E-state index contributed by atoms with van der Waals surface area (Å²) in [7, 11) is 2.72. The van der Waals surface area contributed by atoms with Crippen molar-refractivity contribution in [3.8, 4) is 34.7 Å². The summed E-state index contributed by atoms with van der Waals surface area (Å²) in [4.78, 5) is 0. The van der Waals surface area contributed by atoms with Crippen LogP contribution in [-0.4, -0.2) is 26.9 Å². The van der Waals surface area contributed by atoms with Gasteiger partial charge in [-0.1, -0.05) is 60.7 Å². The molecule has 0 N–H and O–H groups in total. The number of alkyl halides is 6. The van der Waals surface area contributed by atoms with E-state index in [-0.39, 0.29) is 33.9 Å². The number of benzene rings is 2. The average molecular weight is 536 g/mol. The third kappa shape index (κ3) is 3.45. The second kappa shape index (κ2) is 8.67. The molecule has 196 valence electrons. The Morgan fingerprint density at radius 3 is 1.23 bits per heavy atom. The summed E-state index contributed by atoms with van der Waals surface area (Å²) in [6.45, 7) is 0. The van der Waals surface area contributed by atoms with Gasteiger partial charge in [0.25, 0.3) is 0 Å². The minimum absolute atomic E-state index is 0.106. The van der Waals surface area contributed by atoms with Crippen molar-refractivity contribution in [2.45, 2.75) is 17.8 Å². The molecule has 1 aliphatic rings. The first-order chi connectivity index (χ1) is 18.4. The van der Waals surface area contributed by atoms with Crippen molar-refractivity contribution in [2.24, 2.45) is 14.1 Å². The highest BCUT2D eigenvalue weighted by Gasteiger charge is 2.80. The molecule has 0 spiro atoms. The molecule has 10 heteroatoms. The lowest BCUT2D eigenvalue weighted by molar-refractivity contribution is -0.254. The molecule has 2 heterocycles. The van der Waals surface area contributed by atoms with Crippen LogP contribution in [0.25, 0.3) is 33.7 Å². The van der Waals surface area contributed by atoms with Gasteiger partial charge in [-0.25, -0.2) is 0 Å². The third-order valence-corrected chi connectivity index (χ3v) is 6.99. The van der Waals surface area contributed by atoms with Gasteiger partial charge in [-0.15, -0.1) is 0 Å². The zero-order valence-corrected chi connectivity index (χ0v) is 20.5. The highest BCUT2D eigenvalue weighted by molar-refractivity contribution is 6.06. The van der Waals surface area contributed by atoms with Crippen LogP contribution >= 0.6 is 0 Å². The molecule has 39 heavy (non-hydrogen) atoms. The maximum atomic E-state index is 15.7. The summed E-state index contributed by atoms with van der Waals surface area (Å²) in [6, 6.07) is 20.9. The summed E-state index contributed by atoms with van der Waals surface area (Å²) in [5.41, 5.74) is -4.54. The van der Waals surface area contributed by atoms with Gasteiger partial charge < -0.3 is 9.13 Å². The molecule has 0 amide bonds. The first-order valence-corrected chi connectivity index (χ1v) is 11.6. The lowest BCUT2D eigenvalue weighted by atomic mass is 9.91. The van der Waals surface area contributed by atoms with E-state index >= 15 is 26.3 Å². The van der Waals surface area contributed by atoms with Crippen LogP contribution in [-0.2, 0) is 14.1 Å². The fourth-order valence-electron chi connectivity index (χ4n) is 5.12. The molecule has 0 unspecified atom stereocenters. The largest absolute Gasteiger partial charge is 0.380 e. The van der Waals surface area contributed by atoms with Crippen molar-refractivity contribution >= 4 is 11.1 Å². The Kier molecular flexibility index (Phi) is 5.76. The molecular formula is C29H18F6N4. The molecule has 2 aromatic carbocycles. The van der Waals surface area contributed by atoms with E-state index in [1.807, 2.05) is 0 Å². The number of hydrogen-bond acceptors (Lipinski definition) is 2. The van der Waals surface area contributed by atoms with E-state index < -0.39 is 40.0 Å². The summed E-state index contributed by atoms with van der Waals surface area (Å²) in [5.74, 6) is -16.5. The van der Waals surface area contributed by atoms with Crippen LogP contribution in [0.1, 0.15) is 22.5 Å². The van der Waals surface area contributed by atoms with Crippen LogP contribution in [0.5, 0.6) is 0 Å². The molecule has 0 fully saturated rings. The summed E-state index contributed by atoms with van der Waals surface area (Å²) in [6.07, 6.45) is 0. The maximum Gasteiger partial charge on any atom is 0.380 e. The molecule has 0 saturated heterocycles. The molecule has 4 aromatic rings. The zero-order chi connectivity index (χ0) is 28.3. The molecule has 0 radical (unpaired) electrons. The van der Waals surface area contributed by atoms with E-state index in [0.717, 1.165) is 12.1 Å². The Morgan fingerprint density at radius 1 is 0.590 bits per heavy atom. The van der Waals surface area contributed by atoms with E-state index in [0.29, 0.717) is 0 Å². The van der Waals surface area contributed by atoms with E-state index in [1.165, 1.54) is 47.5 Å². The summed E-state index contributed by atoms with van der Waals surface area (Å²) in [5, 5.41) is 19.2. The Morgan fingerprint density at radius 2 is 0.923 bits per heavy atom. The van der Waals surface area contributed by atoms with Gasteiger partial charge in [0.15, 0.2) is 0 Å². The Hall–Kier alpha value is -4.70. The zero-order valence-electron chi connectivity index (χ0n) is 20.5. The van der Waals surface area contributed by atoms with Crippen LogP contribution in [0.15, 0.2) is 72.8 Å². The van der Waals surface area contributed by atoms with Crippen LogP contribution < -0.4 is 0 Å². The highest BCUT2D eigenvalue weighted by Crippen LogP contribution is 2.66. The number of hydrogen-bond donors (Lipinski definition) is 0. The molecule has 0 bridgehead atoms. The van der Waals surface area contributed by atoms with E-state index in [4.69, 9.17) is 0 Å². The van der Waals surface area contributed by atoms with Crippen LogP contribution in [0.4, 0.5) is 26.3 Å². The van der Waals surface area contributed by atoms with Gasteiger partial charge in [0.05, 0.1) is 11.4 Å². The van der Waals surface area contributed by atoms with Crippen molar-refractivity contribution in [2.75, 3.05) is 0 Å². The minimum atomic E-state index is -5.81. The smallest absolute Gasteiger partial charge is 0.335 e. The number of nitriles is 2. The van der Waals surface area contributed by atoms with Gasteiger partial charge >= 0.3 is 17.8 Å². The SMILES string of the molecule is Cn1c(C#N)cc(C2=C(c3cc(C#N)n(C)c3-c3ccccc3)C(F)(F)C(F)(F)C2(F)F)c1-c1ccccc1. The van der Waals surface area contributed by atoms with Crippen molar-refractivity contribution in [3.05, 3.63) is 95.3 Å². The van der Waals surface area contributed by atoms with Gasteiger partial charge in [0, 0.05) is 36.4 Å². The predicted molar refractivity (Wildman–Crippen MR) is 133 cm³/mol. The standard InChI is InChI=1S/C29H18F6N4/c1-38-19(15-36)13-21(25(38)17-9-5-3-6-10-17)23-24(28(32,33)29(34,35)27(23,30)31)22-14-20(16-37)39(2)26(22)18-11-7-4-8-12-18/h3-14H,1-2H3. The topological polar surface area (TPSA) is 57.4 Å². The number of allylic oxidation sites excluding steroid dienone is 2. The molecule has 5 rings (SSSR count). The van der Waals surface area contributed by atoms with Gasteiger partial charge in [-0.2, -0.15) is 36.9 Å². The summed E-state index contributed by atoms with van der Waals surface area (Å²) >= 11 is 0. The number of nitrogens with zero attached hydrogens (tertiary/aromatic N) is 4. The second-order valence-electron chi connectivity index (χ2n) is 9.13. The van der Waals surface area contributed by atoms with Crippen molar-refractivity contribution < 1.29 is 26.3 Å². The fraction of sp³-hybridized carbons (Fsp3) is 0.172. The van der Waals surface area contributed by atoms with Gasteiger partial charge in [0.1, 0.15) is 23.5 Å². The van der Waals surface area contributed by atoms with E-state index in [1.54, 1.807) is 48.5 Å². The first kappa shape index (κ1) is 25.9. The maximum absolute atomic E-state index is 15.7. The molecule has 0 atom stereocenters. The predicted octanol–water partition coefficient (Wildman–Crippen LogP) is 7.27. The normalized spacial score (nSPS) is 17.2. The van der Waals surface area contributed by atoms with Crippen LogP contribution in [0, 0.1) is 22.7 Å². The number of rotatable bonds is 4. The number of halogens is 6. The average Bonchev–Trinajstić information content (AvgIpc) is 3.45. The van der Waals surface area contributed by atoms with Gasteiger partial charge in [-0.05, 0) is 23.3 Å². The van der Waals surface area contributed by atoms with E-state index in [2.05, 4.69) is 0 Å². The van der Waals surface area contributed by atoms with E-state index in [9.17, 15) is 10.5 Å². The Bertz CT molecular complexity index is 1590. The molecule has 2 aromatic heterocycles. The quantitative estimate of drug-likeness (QED) is 0.258. The molecule has 1 aliphatic carbocycles. The second-order valence-corrected chi connectivity index (χ2v) is 9.13. The monoisotopic (exact) mass is 536 g/mol. The lowest BCUT2D eigenvalue weighted by Crippen LogP contribution is -2.48.